The Kier molecular flexibility index (Phi) is 2.96. The smallest absolute Gasteiger partial charge is 0.0158 e. The van der Waals surface area contributed by atoms with Crippen LogP contribution in [-0.2, 0) is 19.3 Å². The molecule has 0 heterocycles. The molecular formula is C16H23N. The quantitative estimate of drug-likeness (QED) is 0.790. The minimum atomic E-state index is 0.201. The van der Waals surface area contributed by atoms with Crippen molar-refractivity contribution in [2.24, 2.45) is 5.73 Å². The molecule has 2 aliphatic carbocycles. The summed E-state index contributed by atoms with van der Waals surface area (Å²) in [5.41, 5.74) is 11.1. The highest BCUT2D eigenvalue weighted by Gasteiger charge is 2.37. The monoisotopic (exact) mass is 229 g/mol. The van der Waals surface area contributed by atoms with Gasteiger partial charge in [0.2, 0.25) is 0 Å². The van der Waals surface area contributed by atoms with Gasteiger partial charge in [-0.2, -0.15) is 0 Å². The summed E-state index contributed by atoms with van der Waals surface area (Å²) in [6.07, 6.45) is 11.5. The lowest BCUT2D eigenvalue weighted by Gasteiger charge is -2.11. The van der Waals surface area contributed by atoms with Crippen molar-refractivity contribution in [2.75, 3.05) is 0 Å². The summed E-state index contributed by atoms with van der Waals surface area (Å²) < 4.78 is 0. The van der Waals surface area contributed by atoms with Gasteiger partial charge in [-0.1, -0.05) is 24.6 Å². The van der Waals surface area contributed by atoms with Crippen LogP contribution < -0.4 is 5.73 Å². The molecule has 0 radical (unpaired) electrons. The number of rotatable bonds is 3. The molecule has 2 aliphatic rings. The second-order valence-electron chi connectivity index (χ2n) is 6.03. The molecule has 1 aromatic rings. The number of aryl methyl sites for hydroxylation is 3. The number of hydrogen-bond donors (Lipinski definition) is 1. The van der Waals surface area contributed by atoms with Gasteiger partial charge in [0.1, 0.15) is 0 Å². The zero-order valence-electron chi connectivity index (χ0n) is 10.7. The van der Waals surface area contributed by atoms with Crippen molar-refractivity contribution < 1.29 is 0 Å². The molecule has 1 heteroatoms. The van der Waals surface area contributed by atoms with Gasteiger partial charge >= 0.3 is 0 Å². The standard InChI is InChI=1S/C16H23N/c17-16(10-11-16)9-8-13-6-7-14-4-2-1-3-5-15(14)12-13/h6-7,12H,1-5,8-11,17H2. The summed E-state index contributed by atoms with van der Waals surface area (Å²) in [6.45, 7) is 0. The molecule has 1 saturated carbocycles. The van der Waals surface area contributed by atoms with Crippen molar-refractivity contribution in [3.63, 3.8) is 0 Å². The summed E-state index contributed by atoms with van der Waals surface area (Å²) in [6, 6.07) is 7.15. The van der Waals surface area contributed by atoms with Gasteiger partial charge in [-0.3, -0.25) is 0 Å². The molecule has 1 fully saturated rings. The molecule has 17 heavy (non-hydrogen) atoms. The number of benzene rings is 1. The fraction of sp³-hybridized carbons (Fsp3) is 0.625. The highest BCUT2D eigenvalue weighted by atomic mass is 14.8. The molecule has 2 N–H and O–H groups in total. The maximum Gasteiger partial charge on any atom is 0.0158 e. The van der Waals surface area contributed by atoms with Gasteiger partial charge in [-0.25, -0.2) is 0 Å². The average molecular weight is 229 g/mol. The Morgan fingerprint density at radius 2 is 1.76 bits per heavy atom. The number of nitrogens with two attached hydrogens (primary N) is 1. The lowest BCUT2D eigenvalue weighted by Crippen LogP contribution is -2.22. The van der Waals surface area contributed by atoms with Gasteiger partial charge in [0.05, 0.1) is 0 Å². The highest BCUT2D eigenvalue weighted by molar-refractivity contribution is 5.33. The second kappa shape index (κ2) is 4.45. The van der Waals surface area contributed by atoms with Gasteiger partial charge < -0.3 is 5.73 Å². The van der Waals surface area contributed by atoms with Crippen LogP contribution in [0, 0.1) is 0 Å². The SMILES string of the molecule is NC1(CCc2ccc3c(c2)CCCCC3)CC1. The summed E-state index contributed by atoms with van der Waals surface area (Å²) >= 11 is 0. The van der Waals surface area contributed by atoms with Crippen molar-refractivity contribution in [3.8, 4) is 0 Å². The molecule has 1 aromatic carbocycles. The van der Waals surface area contributed by atoms with E-state index in [0.29, 0.717) is 0 Å². The van der Waals surface area contributed by atoms with Crippen LogP contribution in [0.15, 0.2) is 18.2 Å². The van der Waals surface area contributed by atoms with Crippen molar-refractivity contribution in [2.45, 2.75) is 63.3 Å². The predicted molar refractivity (Wildman–Crippen MR) is 72.2 cm³/mol. The lowest BCUT2D eigenvalue weighted by molar-refractivity contribution is 0.609. The number of hydrogen-bond acceptors (Lipinski definition) is 1. The molecule has 1 nitrogen and oxygen atoms in total. The summed E-state index contributed by atoms with van der Waals surface area (Å²) in [7, 11) is 0. The summed E-state index contributed by atoms with van der Waals surface area (Å²) in [4.78, 5) is 0. The molecule has 0 aliphatic heterocycles. The first-order valence-electron chi connectivity index (χ1n) is 7.15. The second-order valence-corrected chi connectivity index (χ2v) is 6.03. The van der Waals surface area contributed by atoms with Gasteiger partial charge in [0.15, 0.2) is 0 Å². The Morgan fingerprint density at radius 3 is 2.53 bits per heavy atom. The van der Waals surface area contributed by atoms with Crippen LogP contribution in [0.25, 0.3) is 0 Å². The predicted octanol–water partition coefficient (Wildman–Crippen LogP) is 3.38. The first-order chi connectivity index (χ1) is 8.25. The van der Waals surface area contributed by atoms with Crippen molar-refractivity contribution in [1.29, 1.82) is 0 Å². The molecule has 0 atom stereocenters. The van der Waals surface area contributed by atoms with E-state index in [1.165, 1.54) is 63.4 Å². The van der Waals surface area contributed by atoms with E-state index in [2.05, 4.69) is 18.2 Å². The van der Waals surface area contributed by atoms with Crippen LogP contribution in [0.4, 0.5) is 0 Å². The zero-order valence-corrected chi connectivity index (χ0v) is 10.7. The Hall–Kier alpha value is -0.820. The van der Waals surface area contributed by atoms with E-state index in [0.717, 1.165) is 0 Å². The maximum absolute atomic E-state index is 6.16. The zero-order chi connectivity index (χ0) is 11.7. The van der Waals surface area contributed by atoms with E-state index in [1.807, 2.05) is 0 Å². The Bertz CT molecular complexity index is 404. The van der Waals surface area contributed by atoms with E-state index >= 15 is 0 Å². The average Bonchev–Trinajstić information content (AvgIpc) is 3.10. The van der Waals surface area contributed by atoms with E-state index in [1.54, 1.807) is 11.1 Å². The fourth-order valence-electron chi connectivity index (χ4n) is 2.92. The van der Waals surface area contributed by atoms with Gasteiger partial charge in [0, 0.05) is 5.54 Å². The molecule has 0 unspecified atom stereocenters. The molecule has 0 spiro atoms. The molecular weight excluding hydrogens is 206 g/mol. The van der Waals surface area contributed by atoms with Crippen molar-refractivity contribution >= 4 is 0 Å². The Morgan fingerprint density at radius 1 is 1.00 bits per heavy atom. The van der Waals surface area contributed by atoms with Crippen LogP contribution in [0.1, 0.15) is 55.2 Å². The Balaban J connectivity index is 1.70. The largest absolute Gasteiger partial charge is 0.325 e. The fourth-order valence-corrected chi connectivity index (χ4v) is 2.92. The van der Waals surface area contributed by atoms with Crippen molar-refractivity contribution in [1.82, 2.24) is 0 Å². The molecule has 3 rings (SSSR count). The Labute approximate surface area is 104 Å². The normalized spacial score (nSPS) is 21.7. The van der Waals surface area contributed by atoms with Gasteiger partial charge in [-0.05, 0) is 68.1 Å². The minimum Gasteiger partial charge on any atom is -0.325 e. The van der Waals surface area contributed by atoms with E-state index in [4.69, 9.17) is 5.73 Å². The molecule has 0 saturated heterocycles. The highest BCUT2D eigenvalue weighted by Crippen LogP contribution is 2.36. The maximum atomic E-state index is 6.16. The summed E-state index contributed by atoms with van der Waals surface area (Å²) in [5, 5.41) is 0. The molecule has 0 amide bonds. The van der Waals surface area contributed by atoms with E-state index in [-0.39, 0.29) is 5.54 Å². The third-order valence-electron chi connectivity index (χ3n) is 4.47. The van der Waals surface area contributed by atoms with Crippen LogP contribution in [-0.4, -0.2) is 5.54 Å². The van der Waals surface area contributed by atoms with E-state index in [9.17, 15) is 0 Å². The minimum absolute atomic E-state index is 0.201. The molecule has 0 bridgehead atoms. The first-order valence-corrected chi connectivity index (χ1v) is 7.15. The third kappa shape index (κ3) is 2.71. The van der Waals surface area contributed by atoms with Crippen LogP contribution in [0.2, 0.25) is 0 Å². The van der Waals surface area contributed by atoms with Gasteiger partial charge in [0.25, 0.3) is 0 Å². The number of fused-ring (bicyclic) bond motifs is 1. The van der Waals surface area contributed by atoms with Crippen LogP contribution in [0.5, 0.6) is 0 Å². The van der Waals surface area contributed by atoms with Crippen LogP contribution in [0.3, 0.4) is 0 Å². The molecule has 92 valence electrons. The third-order valence-corrected chi connectivity index (χ3v) is 4.47. The van der Waals surface area contributed by atoms with Crippen LogP contribution >= 0.6 is 0 Å². The first kappa shape index (κ1) is 11.3. The van der Waals surface area contributed by atoms with Crippen molar-refractivity contribution in [3.05, 3.63) is 34.9 Å². The van der Waals surface area contributed by atoms with Gasteiger partial charge in [-0.15, -0.1) is 0 Å². The lowest BCUT2D eigenvalue weighted by atomic mass is 9.96. The summed E-state index contributed by atoms with van der Waals surface area (Å²) in [5.74, 6) is 0. The molecule has 0 aromatic heterocycles. The topological polar surface area (TPSA) is 26.0 Å². The van der Waals surface area contributed by atoms with E-state index < -0.39 is 0 Å².